The summed E-state index contributed by atoms with van der Waals surface area (Å²) in [5.41, 5.74) is -1.56. The van der Waals surface area contributed by atoms with Gasteiger partial charge in [-0.2, -0.15) is 4.39 Å². The Kier molecular flexibility index (Phi) is 3.38. The largest absolute Gasteiger partial charge is 0.385 e. The molecule has 0 aromatic carbocycles. The zero-order valence-corrected chi connectivity index (χ0v) is 11.3. The van der Waals surface area contributed by atoms with Crippen LogP contribution in [0.5, 0.6) is 0 Å². The Morgan fingerprint density at radius 1 is 1.61 bits per heavy atom. The van der Waals surface area contributed by atoms with Crippen molar-refractivity contribution in [1.29, 1.82) is 0 Å². The molecule has 0 radical (unpaired) electrons. The molecule has 1 N–H and O–H groups in total. The molecule has 0 aliphatic carbocycles. The monoisotopic (exact) mass is 293 g/mol. The molecule has 1 aliphatic heterocycles. The number of aliphatic hydroxyl groups is 1. The van der Waals surface area contributed by atoms with E-state index in [0.29, 0.717) is 0 Å². The van der Waals surface area contributed by atoms with E-state index < -0.39 is 27.3 Å². The van der Waals surface area contributed by atoms with Crippen LogP contribution >= 0.6 is 11.6 Å². The minimum absolute atomic E-state index is 0.0302. The molecule has 1 saturated heterocycles. The summed E-state index contributed by atoms with van der Waals surface area (Å²) in [6, 6.07) is 1.30. The van der Waals surface area contributed by atoms with Gasteiger partial charge in [-0.15, -0.1) is 0 Å². The van der Waals surface area contributed by atoms with E-state index in [1.165, 1.54) is 6.07 Å². The van der Waals surface area contributed by atoms with Crippen molar-refractivity contribution in [2.75, 3.05) is 11.5 Å². The minimum atomic E-state index is -3.17. The third-order valence-electron chi connectivity index (χ3n) is 3.39. The Morgan fingerprint density at radius 3 is 2.89 bits per heavy atom. The summed E-state index contributed by atoms with van der Waals surface area (Å²) in [6.45, 7) is 1.58. The fourth-order valence-corrected chi connectivity index (χ4v) is 4.27. The van der Waals surface area contributed by atoms with Gasteiger partial charge in [-0.25, -0.2) is 13.4 Å². The lowest BCUT2D eigenvalue weighted by Crippen LogP contribution is -2.44. The maximum absolute atomic E-state index is 13.7. The van der Waals surface area contributed by atoms with Crippen LogP contribution in [0.25, 0.3) is 0 Å². The van der Waals surface area contributed by atoms with Gasteiger partial charge in [0.15, 0.2) is 9.84 Å². The van der Waals surface area contributed by atoms with Gasteiger partial charge in [0.05, 0.1) is 22.1 Å². The van der Waals surface area contributed by atoms with E-state index in [2.05, 4.69) is 4.98 Å². The Morgan fingerprint density at radius 2 is 2.28 bits per heavy atom. The van der Waals surface area contributed by atoms with Gasteiger partial charge in [0.25, 0.3) is 0 Å². The summed E-state index contributed by atoms with van der Waals surface area (Å²) in [4.78, 5) is 3.46. The van der Waals surface area contributed by atoms with Crippen LogP contribution in [-0.2, 0) is 15.4 Å². The molecule has 1 aromatic heterocycles. The summed E-state index contributed by atoms with van der Waals surface area (Å²) in [5.74, 6) is -1.76. The van der Waals surface area contributed by atoms with Crippen molar-refractivity contribution >= 4 is 21.4 Å². The maximum Gasteiger partial charge on any atom is 0.219 e. The highest BCUT2D eigenvalue weighted by Crippen LogP contribution is 2.39. The first kappa shape index (κ1) is 13.7. The second-order valence-electron chi connectivity index (χ2n) is 4.68. The van der Waals surface area contributed by atoms with E-state index in [1.807, 2.05) is 0 Å². The molecule has 1 aliphatic rings. The number of pyridine rings is 1. The van der Waals surface area contributed by atoms with Crippen LogP contribution in [0, 0.1) is 11.9 Å². The standard InChI is InChI=1S/C11H13ClFNO3S/c1-7-6-18(16,17)3-2-11(7,15)9-4-8(12)5-14-10(9)13/h4-5,7,15H,2-3,6H2,1H3. The molecule has 0 amide bonds. The summed E-state index contributed by atoms with van der Waals surface area (Å²) in [7, 11) is -3.17. The first-order valence-corrected chi connectivity index (χ1v) is 7.69. The second-order valence-corrected chi connectivity index (χ2v) is 7.35. The summed E-state index contributed by atoms with van der Waals surface area (Å²) in [6.07, 6.45) is 1.10. The molecule has 2 unspecified atom stereocenters. The topological polar surface area (TPSA) is 67.3 Å². The first-order chi connectivity index (χ1) is 8.24. The van der Waals surface area contributed by atoms with E-state index >= 15 is 0 Å². The average Bonchev–Trinajstić information content (AvgIpc) is 2.27. The molecule has 0 bridgehead atoms. The SMILES string of the molecule is CC1CS(=O)(=O)CCC1(O)c1cc(Cl)cnc1F. The van der Waals surface area contributed by atoms with Gasteiger partial charge >= 0.3 is 0 Å². The van der Waals surface area contributed by atoms with Gasteiger partial charge in [-0.3, -0.25) is 0 Å². The van der Waals surface area contributed by atoms with Crippen LogP contribution in [0.3, 0.4) is 0 Å². The van der Waals surface area contributed by atoms with Crippen LogP contribution in [0.4, 0.5) is 4.39 Å². The molecule has 2 heterocycles. The van der Waals surface area contributed by atoms with Crippen LogP contribution in [-0.4, -0.2) is 30.0 Å². The number of halogens is 2. The fraction of sp³-hybridized carbons (Fsp3) is 0.545. The van der Waals surface area contributed by atoms with Gasteiger partial charge in [0, 0.05) is 17.7 Å². The number of sulfone groups is 1. The molecule has 100 valence electrons. The van der Waals surface area contributed by atoms with Gasteiger partial charge in [-0.05, 0) is 12.5 Å². The number of hydrogen-bond acceptors (Lipinski definition) is 4. The Hall–Kier alpha value is -0.720. The zero-order chi connectivity index (χ0) is 13.6. The number of rotatable bonds is 1. The molecule has 0 saturated carbocycles. The van der Waals surface area contributed by atoms with E-state index in [-0.39, 0.29) is 28.5 Å². The van der Waals surface area contributed by atoms with E-state index in [1.54, 1.807) is 6.92 Å². The first-order valence-electron chi connectivity index (χ1n) is 5.49. The van der Waals surface area contributed by atoms with Crippen LogP contribution < -0.4 is 0 Å². The predicted molar refractivity (Wildman–Crippen MR) is 65.5 cm³/mol. The molecule has 1 aromatic rings. The molecule has 0 spiro atoms. The lowest BCUT2D eigenvalue weighted by atomic mass is 9.81. The van der Waals surface area contributed by atoms with Gasteiger partial charge in [0.1, 0.15) is 0 Å². The molecule has 18 heavy (non-hydrogen) atoms. The lowest BCUT2D eigenvalue weighted by molar-refractivity contribution is -0.0198. The highest BCUT2D eigenvalue weighted by molar-refractivity contribution is 7.91. The highest BCUT2D eigenvalue weighted by Gasteiger charge is 2.44. The summed E-state index contributed by atoms with van der Waals surface area (Å²) < 4.78 is 36.7. The quantitative estimate of drug-likeness (QED) is 0.797. The molecule has 2 rings (SSSR count). The molecule has 4 nitrogen and oxygen atoms in total. The van der Waals surface area contributed by atoms with Crippen molar-refractivity contribution in [1.82, 2.24) is 4.98 Å². The zero-order valence-electron chi connectivity index (χ0n) is 9.73. The predicted octanol–water partition coefficient (Wildman–Crippen LogP) is 1.52. The summed E-state index contributed by atoms with van der Waals surface area (Å²) >= 11 is 5.74. The third-order valence-corrected chi connectivity index (χ3v) is 5.43. The van der Waals surface area contributed by atoms with E-state index in [9.17, 15) is 17.9 Å². The van der Waals surface area contributed by atoms with E-state index in [4.69, 9.17) is 11.6 Å². The van der Waals surface area contributed by atoms with Gasteiger partial charge in [0.2, 0.25) is 5.95 Å². The van der Waals surface area contributed by atoms with Crippen molar-refractivity contribution in [3.05, 3.63) is 28.8 Å². The smallest absolute Gasteiger partial charge is 0.219 e. The fourth-order valence-electron chi connectivity index (χ4n) is 2.29. The Balaban J connectivity index is 2.46. The van der Waals surface area contributed by atoms with Crippen molar-refractivity contribution in [3.8, 4) is 0 Å². The Bertz CT molecular complexity index is 578. The molecular formula is C11H13ClFNO3S. The lowest BCUT2D eigenvalue weighted by Gasteiger charge is -2.38. The van der Waals surface area contributed by atoms with Crippen LogP contribution in [0.2, 0.25) is 5.02 Å². The van der Waals surface area contributed by atoms with Crippen LogP contribution in [0.15, 0.2) is 12.3 Å². The number of aromatic nitrogens is 1. The highest BCUT2D eigenvalue weighted by atomic mass is 35.5. The molecular weight excluding hydrogens is 281 g/mol. The van der Waals surface area contributed by atoms with Crippen LogP contribution in [0.1, 0.15) is 18.9 Å². The maximum atomic E-state index is 13.7. The van der Waals surface area contributed by atoms with Crippen molar-refractivity contribution in [2.45, 2.75) is 18.9 Å². The van der Waals surface area contributed by atoms with Crippen molar-refractivity contribution in [2.24, 2.45) is 5.92 Å². The van der Waals surface area contributed by atoms with Crippen molar-refractivity contribution < 1.29 is 17.9 Å². The average molecular weight is 294 g/mol. The second kappa shape index (κ2) is 4.43. The minimum Gasteiger partial charge on any atom is -0.385 e. The molecule has 7 heteroatoms. The number of hydrogen-bond donors (Lipinski definition) is 1. The van der Waals surface area contributed by atoms with Gasteiger partial charge in [-0.1, -0.05) is 18.5 Å². The Labute approximate surface area is 110 Å². The molecule has 1 fully saturated rings. The number of nitrogens with zero attached hydrogens (tertiary/aromatic N) is 1. The normalized spacial score (nSPS) is 31.2. The van der Waals surface area contributed by atoms with Crippen molar-refractivity contribution in [3.63, 3.8) is 0 Å². The molecule has 2 atom stereocenters. The van der Waals surface area contributed by atoms with E-state index in [0.717, 1.165) is 6.20 Å². The summed E-state index contributed by atoms with van der Waals surface area (Å²) in [5, 5.41) is 10.8. The van der Waals surface area contributed by atoms with Gasteiger partial charge < -0.3 is 5.11 Å². The third kappa shape index (κ3) is 2.37.